The van der Waals surface area contributed by atoms with E-state index in [-0.39, 0.29) is 11.3 Å². The Bertz CT molecular complexity index is 1010. The van der Waals surface area contributed by atoms with Crippen molar-refractivity contribution in [3.8, 4) is 0 Å². The van der Waals surface area contributed by atoms with Crippen LogP contribution < -0.4 is 0 Å². The van der Waals surface area contributed by atoms with Crippen molar-refractivity contribution in [1.29, 1.82) is 0 Å². The average molecular weight is 460 g/mol. The molecule has 3 heterocycles. The number of carbonyl (C=O) groups excluding carboxylic acids is 2. The molecule has 1 unspecified atom stereocenters. The van der Waals surface area contributed by atoms with Gasteiger partial charge in [0.15, 0.2) is 0 Å². The van der Waals surface area contributed by atoms with E-state index in [4.69, 9.17) is 0 Å². The summed E-state index contributed by atoms with van der Waals surface area (Å²) in [4.78, 5) is 29.0. The van der Waals surface area contributed by atoms with Crippen molar-refractivity contribution in [2.45, 2.75) is 12.6 Å². The van der Waals surface area contributed by atoms with Crippen molar-refractivity contribution in [1.82, 2.24) is 4.90 Å². The molecule has 0 spiro atoms. The lowest BCUT2D eigenvalue weighted by molar-refractivity contribution is -0.140. The minimum absolute atomic E-state index is 0.140. The third-order valence-corrected chi connectivity index (χ3v) is 6.69. The highest BCUT2D eigenvalue weighted by molar-refractivity contribution is 9.10. The zero-order chi connectivity index (χ0) is 19.0. The normalized spacial score (nSPS) is 19.0. The number of thiophene rings is 2. The van der Waals surface area contributed by atoms with Gasteiger partial charge in [0.05, 0.1) is 12.1 Å². The topological polar surface area (TPSA) is 57.6 Å². The fourth-order valence-electron chi connectivity index (χ4n) is 3.12. The van der Waals surface area contributed by atoms with E-state index >= 15 is 0 Å². The zero-order valence-electron chi connectivity index (χ0n) is 14.0. The lowest BCUT2D eigenvalue weighted by Crippen LogP contribution is -2.28. The van der Waals surface area contributed by atoms with Crippen molar-refractivity contribution in [2.24, 2.45) is 0 Å². The number of amides is 1. The van der Waals surface area contributed by atoms with Crippen LogP contribution in [-0.4, -0.2) is 21.7 Å². The Morgan fingerprint density at radius 3 is 2.37 bits per heavy atom. The molecule has 4 rings (SSSR count). The molecule has 1 saturated heterocycles. The molecular weight excluding hydrogens is 446 g/mol. The van der Waals surface area contributed by atoms with Crippen LogP contribution in [0.1, 0.15) is 21.4 Å². The van der Waals surface area contributed by atoms with Crippen LogP contribution in [-0.2, 0) is 16.1 Å². The Hall–Kier alpha value is -2.22. The van der Waals surface area contributed by atoms with Gasteiger partial charge in [-0.1, -0.05) is 40.2 Å². The van der Waals surface area contributed by atoms with Gasteiger partial charge in [-0.2, -0.15) is 0 Å². The van der Waals surface area contributed by atoms with Crippen LogP contribution >= 0.6 is 38.6 Å². The Morgan fingerprint density at radius 1 is 1.04 bits per heavy atom. The number of rotatable bonds is 4. The highest BCUT2D eigenvalue weighted by atomic mass is 79.9. The minimum Gasteiger partial charge on any atom is -0.507 e. The van der Waals surface area contributed by atoms with Gasteiger partial charge in [0.25, 0.3) is 11.7 Å². The minimum atomic E-state index is -0.648. The third kappa shape index (κ3) is 3.38. The molecule has 1 aromatic carbocycles. The predicted octanol–water partition coefficient (Wildman–Crippen LogP) is 5.19. The third-order valence-electron chi connectivity index (χ3n) is 4.38. The number of Topliss-reactive ketones (excluding diaryl/α,β-unsaturated/α-hetero) is 1. The summed E-state index contributed by atoms with van der Waals surface area (Å²) < 4.78 is 0.868. The van der Waals surface area contributed by atoms with Gasteiger partial charge in [-0.25, -0.2) is 0 Å². The number of nitrogens with zero attached hydrogens (tertiary/aromatic N) is 1. The summed E-state index contributed by atoms with van der Waals surface area (Å²) in [6, 6.07) is 14.0. The second-order valence-corrected chi connectivity index (χ2v) is 8.96. The van der Waals surface area contributed by atoms with Crippen LogP contribution in [0, 0.1) is 0 Å². The maximum absolute atomic E-state index is 12.8. The lowest BCUT2D eigenvalue weighted by atomic mass is 10.00. The number of hydrogen-bond acceptors (Lipinski definition) is 5. The SMILES string of the molecule is O=C1C(=O)N(Cc2cccs2)C(c2cccs2)/C1=C(/O)c1ccc(Br)cc1. The number of benzene rings is 1. The van der Waals surface area contributed by atoms with E-state index in [1.165, 1.54) is 22.7 Å². The number of carbonyl (C=O) groups is 2. The van der Waals surface area contributed by atoms with E-state index in [0.717, 1.165) is 14.2 Å². The second kappa shape index (κ2) is 7.42. The highest BCUT2D eigenvalue weighted by Crippen LogP contribution is 2.42. The molecule has 1 atom stereocenters. The van der Waals surface area contributed by atoms with E-state index in [2.05, 4.69) is 15.9 Å². The maximum Gasteiger partial charge on any atom is 0.296 e. The number of halogens is 1. The molecule has 3 aromatic rings. The van der Waals surface area contributed by atoms with Gasteiger partial charge in [-0.3, -0.25) is 9.59 Å². The van der Waals surface area contributed by atoms with Crippen molar-refractivity contribution in [3.05, 3.63) is 84.7 Å². The number of hydrogen-bond donors (Lipinski definition) is 1. The van der Waals surface area contributed by atoms with Crippen molar-refractivity contribution in [2.75, 3.05) is 0 Å². The summed E-state index contributed by atoms with van der Waals surface area (Å²) in [5, 5.41) is 14.7. The predicted molar refractivity (Wildman–Crippen MR) is 111 cm³/mol. The van der Waals surface area contributed by atoms with Crippen LogP contribution in [0.25, 0.3) is 5.76 Å². The van der Waals surface area contributed by atoms with E-state index in [1.54, 1.807) is 29.2 Å². The highest BCUT2D eigenvalue weighted by Gasteiger charge is 2.46. The molecule has 0 radical (unpaired) electrons. The van der Waals surface area contributed by atoms with E-state index in [9.17, 15) is 14.7 Å². The van der Waals surface area contributed by atoms with Gasteiger partial charge in [0.2, 0.25) is 0 Å². The Balaban J connectivity index is 1.83. The molecule has 1 aliphatic rings. The molecular formula is C20H14BrNO3S2. The fourth-order valence-corrected chi connectivity index (χ4v) is 4.93. The summed E-state index contributed by atoms with van der Waals surface area (Å²) in [6.45, 7) is 0.335. The van der Waals surface area contributed by atoms with Gasteiger partial charge >= 0.3 is 0 Å². The van der Waals surface area contributed by atoms with Gasteiger partial charge in [0.1, 0.15) is 11.8 Å². The van der Waals surface area contributed by atoms with Crippen molar-refractivity contribution >= 4 is 56.1 Å². The molecule has 1 aliphatic heterocycles. The summed E-state index contributed by atoms with van der Waals surface area (Å²) in [6.07, 6.45) is 0. The molecule has 7 heteroatoms. The first kappa shape index (κ1) is 18.2. The molecule has 4 nitrogen and oxygen atoms in total. The van der Waals surface area contributed by atoms with Gasteiger partial charge in [0, 0.05) is 19.8 Å². The molecule has 136 valence electrons. The first-order chi connectivity index (χ1) is 13.1. The maximum atomic E-state index is 12.8. The smallest absolute Gasteiger partial charge is 0.296 e. The number of ketones is 1. The Labute approximate surface area is 172 Å². The van der Waals surface area contributed by atoms with E-state index in [0.29, 0.717) is 12.1 Å². The Morgan fingerprint density at radius 2 is 1.74 bits per heavy atom. The number of likely N-dealkylation sites (tertiary alicyclic amines) is 1. The molecule has 0 aliphatic carbocycles. The summed E-state index contributed by atoms with van der Waals surface area (Å²) in [5.41, 5.74) is 0.648. The van der Waals surface area contributed by atoms with E-state index in [1.807, 2.05) is 35.0 Å². The quantitative estimate of drug-likeness (QED) is 0.331. The van der Waals surface area contributed by atoms with Crippen molar-refractivity contribution in [3.63, 3.8) is 0 Å². The van der Waals surface area contributed by atoms with Crippen LogP contribution in [0.5, 0.6) is 0 Å². The second-order valence-electron chi connectivity index (χ2n) is 6.03. The zero-order valence-corrected chi connectivity index (χ0v) is 17.2. The first-order valence-corrected chi connectivity index (χ1v) is 10.7. The fraction of sp³-hybridized carbons (Fsp3) is 0.100. The molecule has 1 fully saturated rings. The number of aliphatic hydroxyl groups is 1. The monoisotopic (exact) mass is 459 g/mol. The molecule has 1 N–H and O–H groups in total. The van der Waals surface area contributed by atoms with Crippen LogP contribution in [0.4, 0.5) is 0 Å². The standard InChI is InChI=1S/C20H14BrNO3S2/c21-13-7-5-12(6-8-13)18(23)16-17(15-4-2-10-27-15)22(20(25)19(16)24)11-14-3-1-9-26-14/h1-10,17,23H,11H2/b18-16-. The average Bonchev–Trinajstić information content (AvgIpc) is 3.40. The molecule has 0 bridgehead atoms. The molecule has 2 aromatic heterocycles. The molecule has 1 amide bonds. The van der Waals surface area contributed by atoms with E-state index < -0.39 is 17.7 Å². The molecule has 0 saturated carbocycles. The van der Waals surface area contributed by atoms with Gasteiger partial charge in [-0.15, -0.1) is 22.7 Å². The van der Waals surface area contributed by atoms with Crippen molar-refractivity contribution < 1.29 is 14.7 Å². The number of aliphatic hydroxyl groups excluding tert-OH is 1. The summed E-state index contributed by atoms with van der Waals surface area (Å²) in [7, 11) is 0. The largest absolute Gasteiger partial charge is 0.507 e. The lowest BCUT2D eigenvalue weighted by Gasteiger charge is -2.23. The Kier molecular flexibility index (Phi) is 4.99. The van der Waals surface area contributed by atoms with Crippen LogP contribution in [0.2, 0.25) is 0 Å². The van der Waals surface area contributed by atoms with Gasteiger partial charge in [-0.05, 0) is 35.0 Å². The summed E-state index contributed by atoms with van der Waals surface area (Å²) >= 11 is 6.36. The van der Waals surface area contributed by atoms with Gasteiger partial charge < -0.3 is 10.0 Å². The van der Waals surface area contributed by atoms with Crippen LogP contribution in [0.15, 0.2) is 69.3 Å². The van der Waals surface area contributed by atoms with Crippen LogP contribution in [0.3, 0.4) is 0 Å². The summed E-state index contributed by atoms with van der Waals surface area (Å²) in [5.74, 6) is -1.38. The molecule has 27 heavy (non-hydrogen) atoms. The first-order valence-electron chi connectivity index (χ1n) is 8.16.